The number of esters is 1. The smallest absolute Gasteiger partial charge is 0.309 e. The number of anilines is 1. The molecule has 1 saturated carbocycles. The summed E-state index contributed by atoms with van der Waals surface area (Å²) in [6.07, 6.45) is 2.67. The van der Waals surface area contributed by atoms with Crippen LogP contribution in [0.3, 0.4) is 0 Å². The molecular weight excluding hydrogens is 439 g/mol. The molecule has 0 unspecified atom stereocenters. The molecule has 3 aliphatic rings. The van der Waals surface area contributed by atoms with E-state index in [9.17, 15) is 17.6 Å². The van der Waals surface area contributed by atoms with Gasteiger partial charge >= 0.3 is 5.97 Å². The molecule has 1 N–H and O–H groups in total. The fourth-order valence-corrected chi connectivity index (χ4v) is 8.41. The van der Waals surface area contributed by atoms with Gasteiger partial charge in [-0.3, -0.25) is 9.52 Å². The van der Waals surface area contributed by atoms with Gasteiger partial charge in [-0.05, 0) is 48.9 Å². The van der Waals surface area contributed by atoms with Gasteiger partial charge in [-0.15, -0.1) is 11.3 Å². The Hall–Kier alpha value is -2.00. The zero-order valence-electron chi connectivity index (χ0n) is 17.6. The van der Waals surface area contributed by atoms with E-state index in [1.54, 1.807) is 0 Å². The number of hydrogen-bond donors (Lipinski definition) is 1. The Bertz CT molecular complexity index is 1150. The van der Waals surface area contributed by atoms with Crippen molar-refractivity contribution in [2.24, 2.45) is 23.2 Å². The van der Waals surface area contributed by atoms with Gasteiger partial charge in [-0.25, -0.2) is 17.8 Å². The zero-order valence-corrected chi connectivity index (χ0v) is 19.2. The molecule has 1 aromatic heterocycles. The van der Waals surface area contributed by atoms with E-state index >= 15 is 0 Å². The molecule has 0 radical (unpaired) electrons. The molecule has 2 aliphatic carbocycles. The minimum Gasteiger partial charge on any atom is -0.461 e. The maximum atomic E-state index is 13.2. The van der Waals surface area contributed by atoms with Gasteiger partial charge in [0, 0.05) is 22.6 Å². The number of ether oxygens (including phenoxy) is 1. The summed E-state index contributed by atoms with van der Waals surface area (Å²) in [5.41, 5.74) is 0.873. The zero-order chi connectivity index (χ0) is 22.1. The number of rotatable bonds is 3. The topological polar surface area (TPSA) is 85.4 Å². The number of nitrogens with zero attached hydrogens (tertiary/aromatic N) is 1. The van der Waals surface area contributed by atoms with Gasteiger partial charge < -0.3 is 4.74 Å². The van der Waals surface area contributed by atoms with Crippen LogP contribution in [0.15, 0.2) is 29.2 Å². The van der Waals surface area contributed by atoms with Crippen LogP contribution in [0.4, 0.5) is 9.52 Å². The van der Waals surface area contributed by atoms with Gasteiger partial charge in [0.15, 0.2) is 5.13 Å². The highest BCUT2D eigenvalue weighted by Gasteiger charge is 2.58. The van der Waals surface area contributed by atoms with Gasteiger partial charge in [-0.2, -0.15) is 0 Å². The van der Waals surface area contributed by atoms with E-state index in [-0.39, 0.29) is 46.1 Å². The summed E-state index contributed by atoms with van der Waals surface area (Å²) in [4.78, 5) is 18.0. The van der Waals surface area contributed by atoms with Crippen molar-refractivity contribution in [3.8, 4) is 0 Å². The molecule has 0 spiro atoms. The number of nitrogens with one attached hydrogen (secondary N) is 1. The van der Waals surface area contributed by atoms with Crippen LogP contribution in [0.5, 0.6) is 0 Å². The summed E-state index contributed by atoms with van der Waals surface area (Å²) >= 11 is 1.36. The van der Waals surface area contributed by atoms with Crippen LogP contribution >= 0.6 is 11.3 Å². The second-order valence-corrected chi connectivity index (χ2v) is 12.2. The third-order valence-electron chi connectivity index (χ3n) is 7.50. The maximum Gasteiger partial charge on any atom is 0.309 e. The van der Waals surface area contributed by atoms with Crippen molar-refractivity contribution in [2.45, 2.75) is 57.0 Å². The Morgan fingerprint density at radius 1 is 1.23 bits per heavy atom. The van der Waals surface area contributed by atoms with Gasteiger partial charge in [0.1, 0.15) is 11.9 Å². The second kappa shape index (κ2) is 7.00. The third-order valence-corrected chi connectivity index (χ3v) is 9.97. The first-order valence-corrected chi connectivity index (χ1v) is 12.9. The monoisotopic (exact) mass is 464 g/mol. The van der Waals surface area contributed by atoms with Gasteiger partial charge in [0.25, 0.3) is 10.0 Å². The second-order valence-electron chi connectivity index (χ2n) is 9.42. The number of thiazole rings is 1. The average molecular weight is 465 g/mol. The van der Waals surface area contributed by atoms with E-state index in [4.69, 9.17) is 4.74 Å². The van der Waals surface area contributed by atoms with E-state index in [1.807, 2.05) is 6.92 Å². The van der Waals surface area contributed by atoms with Crippen molar-refractivity contribution in [3.63, 3.8) is 0 Å². The number of aromatic nitrogens is 1. The number of fused-ring (bicyclic) bond motifs is 4. The number of carbonyl (C=O) groups excluding carboxylic acids is 1. The van der Waals surface area contributed by atoms with Gasteiger partial charge in [0.05, 0.1) is 16.5 Å². The lowest BCUT2D eigenvalue weighted by Gasteiger charge is -2.51. The van der Waals surface area contributed by atoms with Crippen molar-refractivity contribution >= 4 is 32.5 Å². The van der Waals surface area contributed by atoms with Crippen LogP contribution in [-0.2, 0) is 26.0 Å². The lowest BCUT2D eigenvalue weighted by Crippen LogP contribution is -2.50. The molecule has 0 amide bonds. The molecule has 31 heavy (non-hydrogen) atoms. The van der Waals surface area contributed by atoms with Crippen LogP contribution < -0.4 is 4.72 Å². The molecule has 1 aromatic carbocycles. The Kier molecular flexibility index (Phi) is 4.71. The van der Waals surface area contributed by atoms with Crippen LogP contribution in [0, 0.1) is 29.0 Å². The van der Waals surface area contributed by atoms with Gasteiger partial charge in [-0.1, -0.05) is 20.8 Å². The summed E-state index contributed by atoms with van der Waals surface area (Å²) in [5, 5.41) is 0.316. The Labute approximate surface area is 185 Å². The first-order valence-electron chi connectivity index (χ1n) is 10.6. The van der Waals surface area contributed by atoms with Crippen molar-refractivity contribution < 1.29 is 22.3 Å². The van der Waals surface area contributed by atoms with Crippen LogP contribution in [0.2, 0.25) is 0 Å². The summed E-state index contributed by atoms with van der Waals surface area (Å²) in [6, 6.07) is 4.71. The number of carbonyl (C=O) groups is 1. The molecule has 1 saturated heterocycles. The fourth-order valence-electron chi connectivity index (χ4n) is 5.91. The standard InChI is InChI=1S/C22H25FN2O4S2/c1-11-15-8-9-22(3)10-16-18(12(2)17(22)19(15)29-20(11)26)24-21(30-16)25-31(27,28)14-6-4-13(23)5-7-14/h4-7,11-12,15,17,19H,8-10H2,1-3H3,(H,24,25)/t11-,12+,15-,17+,19+,22+/m0/s1. The van der Waals surface area contributed by atoms with E-state index < -0.39 is 15.8 Å². The normalized spacial score (nSPS) is 34.5. The molecule has 166 valence electrons. The fraction of sp³-hybridized carbons (Fsp3) is 0.545. The van der Waals surface area contributed by atoms with Crippen molar-refractivity contribution in [2.75, 3.05) is 4.72 Å². The summed E-state index contributed by atoms with van der Waals surface area (Å²) in [6.45, 7) is 6.32. The highest BCUT2D eigenvalue weighted by molar-refractivity contribution is 7.93. The van der Waals surface area contributed by atoms with Crippen molar-refractivity contribution in [1.82, 2.24) is 4.98 Å². The largest absolute Gasteiger partial charge is 0.461 e. The summed E-state index contributed by atoms with van der Waals surface area (Å²) < 4.78 is 47.0. The summed E-state index contributed by atoms with van der Waals surface area (Å²) in [5.74, 6) is -0.213. The highest BCUT2D eigenvalue weighted by atomic mass is 32.2. The molecule has 1 aliphatic heterocycles. The Balaban J connectivity index is 1.45. The van der Waals surface area contributed by atoms with E-state index in [1.165, 1.54) is 23.5 Å². The Morgan fingerprint density at radius 3 is 2.65 bits per heavy atom. The van der Waals surface area contributed by atoms with Crippen LogP contribution in [-0.4, -0.2) is 25.5 Å². The third kappa shape index (κ3) is 3.28. The molecular formula is C22H25FN2O4S2. The average Bonchev–Trinajstić information content (AvgIpc) is 3.21. The number of sulfonamides is 1. The minimum atomic E-state index is -3.85. The molecule has 2 fully saturated rings. The first kappa shape index (κ1) is 20.9. The molecule has 2 heterocycles. The molecule has 0 bridgehead atoms. The lowest BCUT2D eigenvalue weighted by molar-refractivity contribution is -0.149. The van der Waals surface area contributed by atoms with Crippen molar-refractivity contribution in [1.29, 1.82) is 0 Å². The molecule has 2 aromatic rings. The lowest BCUT2D eigenvalue weighted by atomic mass is 9.54. The first-order chi connectivity index (χ1) is 14.6. The highest BCUT2D eigenvalue weighted by Crippen LogP contribution is 2.59. The van der Waals surface area contributed by atoms with E-state index in [0.717, 1.165) is 42.0 Å². The number of hydrogen-bond acceptors (Lipinski definition) is 6. The number of halogens is 1. The SMILES string of the molecule is C[C@@H]1C(=O)O[C@@H]2[C@H]1CC[C@]1(C)Cc3sc(NS(=O)(=O)c4ccc(F)cc4)nc3[C@H](C)[C@H]21. The predicted octanol–water partition coefficient (Wildman–Crippen LogP) is 4.34. The van der Waals surface area contributed by atoms with E-state index in [0.29, 0.717) is 5.13 Å². The minimum absolute atomic E-state index is 0.00884. The molecule has 5 rings (SSSR count). The molecule has 6 atom stereocenters. The van der Waals surface area contributed by atoms with Crippen molar-refractivity contribution in [3.05, 3.63) is 40.7 Å². The molecule has 9 heteroatoms. The predicted molar refractivity (Wildman–Crippen MR) is 115 cm³/mol. The maximum absolute atomic E-state index is 13.2. The molecule has 6 nitrogen and oxygen atoms in total. The summed E-state index contributed by atoms with van der Waals surface area (Å²) in [7, 11) is -3.85. The number of benzene rings is 1. The van der Waals surface area contributed by atoms with Crippen LogP contribution in [0.25, 0.3) is 0 Å². The van der Waals surface area contributed by atoms with E-state index in [2.05, 4.69) is 23.6 Å². The van der Waals surface area contributed by atoms with Crippen LogP contribution in [0.1, 0.15) is 50.1 Å². The quantitative estimate of drug-likeness (QED) is 0.683. The Morgan fingerprint density at radius 2 is 1.94 bits per heavy atom. The van der Waals surface area contributed by atoms with Gasteiger partial charge in [0.2, 0.25) is 0 Å².